The molecule has 0 saturated heterocycles. The summed E-state index contributed by atoms with van der Waals surface area (Å²) in [6, 6.07) is 8.04. The van der Waals surface area contributed by atoms with E-state index in [9.17, 15) is 9.90 Å². The highest BCUT2D eigenvalue weighted by Crippen LogP contribution is 2.42. The molecular formula is C30H33N7O3. The first kappa shape index (κ1) is 25.0. The van der Waals surface area contributed by atoms with Crippen LogP contribution in [0.25, 0.3) is 16.9 Å². The van der Waals surface area contributed by atoms with Crippen molar-refractivity contribution in [2.24, 2.45) is 0 Å². The van der Waals surface area contributed by atoms with Crippen molar-refractivity contribution in [3.05, 3.63) is 75.9 Å². The molecule has 2 unspecified atom stereocenters. The molecule has 0 radical (unpaired) electrons. The standard InChI is InChI=1S/C30H33N7O3/c1-4-11-36-28(38)22-15-31-29(32-21-13-20-17-35(3)16-19-9-12-40-23(14-21)25(19)20)34-27(22)37(36)24-7-6-18-8-10-30(39,5-2)26(18)33-24/h4,6-7,13-15,19,39H,1,5,8-12,16-17H2,2-3H3,(H,31,32,34). The number of benzene rings is 1. The minimum atomic E-state index is -0.971. The van der Waals surface area contributed by atoms with E-state index in [0.29, 0.717) is 53.9 Å². The molecule has 1 aliphatic carbocycles. The molecule has 0 spiro atoms. The number of rotatable bonds is 6. The fourth-order valence-corrected chi connectivity index (χ4v) is 6.58. The Bertz CT molecular complexity index is 1720. The van der Waals surface area contributed by atoms with Crippen LogP contribution in [-0.2, 0) is 25.1 Å². The average molecular weight is 540 g/mol. The first-order chi connectivity index (χ1) is 19.4. The molecule has 7 rings (SSSR count). The number of nitrogens with one attached hydrogen (secondary N) is 1. The second-order valence-electron chi connectivity index (χ2n) is 11.2. The summed E-state index contributed by atoms with van der Waals surface area (Å²) in [5.41, 5.74) is 4.35. The summed E-state index contributed by atoms with van der Waals surface area (Å²) in [4.78, 5) is 29.9. The lowest BCUT2D eigenvalue weighted by molar-refractivity contribution is 0.0306. The molecule has 0 fully saturated rings. The first-order valence-electron chi connectivity index (χ1n) is 14.0. The third kappa shape index (κ3) is 3.85. The quantitative estimate of drug-likeness (QED) is 0.357. The van der Waals surface area contributed by atoms with Gasteiger partial charge in [0, 0.05) is 42.5 Å². The summed E-state index contributed by atoms with van der Waals surface area (Å²) in [6.07, 6.45) is 6.24. The van der Waals surface area contributed by atoms with Crippen LogP contribution in [0.15, 0.2) is 47.9 Å². The number of allylic oxidation sites excluding steroid dienone is 1. The lowest BCUT2D eigenvalue weighted by Gasteiger charge is -2.36. The summed E-state index contributed by atoms with van der Waals surface area (Å²) in [5, 5.41) is 14.9. The molecule has 5 heterocycles. The van der Waals surface area contributed by atoms with E-state index in [0.717, 1.165) is 42.9 Å². The zero-order valence-electron chi connectivity index (χ0n) is 22.9. The Balaban J connectivity index is 1.33. The summed E-state index contributed by atoms with van der Waals surface area (Å²) in [7, 11) is 2.15. The maximum atomic E-state index is 13.4. The molecule has 206 valence electrons. The van der Waals surface area contributed by atoms with Gasteiger partial charge < -0.3 is 20.1 Å². The Hall–Kier alpha value is -4.02. The van der Waals surface area contributed by atoms with E-state index in [1.54, 1.807) is 21.6 Å². The second kappa shape index (κ2) is 9.28. The number of aliphatic hydroxyl groups is 1. The monoisotopic (exact) mass is 539 g/mol. The number of anilines is 2. The molecule has 0 amide bonds. The molecule has 2 atom stereocenters. The predicted octanol–water partition coefficient (Wildman–Crippen LogP) is 3.76. The van der Waals surface area contributed by atoms with Crippen LogP contribution in [0, 0.1) is 0 Å². The Morgan fingerprint density at radius 1 is 1.27 bits per heavy atom. The summed E-state index contributed by atoms with van der Waals surface area (Å²) < 4.78 is 9.32. The molecule has 3 aliphatic rings. The maximum absolute atomic E-state index is 13.4. The Morgan fingerprint density at radius 3 is 2.98 bits per heavy atom. The number of nitrogens with zero attached hydrogens (tertiary/aromatic N) is 6. The Labute approximate surface area is 231 Å². The fraction of sp³-hybridized carbons (Fsp3) is 0.400. The van der Waals surface area contributed by atoms with Gasteiger partial charge in [0.15, 0.2) is 11.5 Å². The third-order valence-corrected chi connectivity index (χ3v) is 8.58. The van der Waals surface area contributed by atoms with Crippen LogP contribution >= 0.6 is 0 Å². The zero-order valence-corrected chi connectivity index (χ0v) is 22.9. The van der Waals surface area contributed by atoms with Gasteiger partial charge in [0.05, 0.1) is 18.8 Å². The van der Waals surface area contributed by atoms with E-state index in [1.165, 1.54) is 11.1 Å². The van der Waals surface area contributed by atoms with Crippen molar-refractivity contribution in [3.63, 3.8) is 0 Å². The van der Waals surface area contributed by atoms with Crippen LogP contribution in [0.4, 0.5) is 11.6 Å². The Kier molecular flexibility index (Phi) is 5.79. The van der Waals surface area contributed by atoms with Gasteiger partial charge in [-0.1, -0.05) is 19.1 Å². The smallest absolute Gasteiger partial charge is 0.278 e. The van der Waals surface area contributed by atoms with Crippen LogP contribution < -0.4 is 15.6 Å². The second-order valence-corrected chi connectivity index (χ2v) is 11.2. The summed E-state index contributed by atoms with van der Waals surface area (Å²) in [5.74, 6) is 2.30. The largest absolute Gasteiger partial charge is 0.493 e. The van der Waals surface area contributed by atoms with Gasteiger partial charge in [-0.25, -0.2) is 19.3 Å². The van der Waals surface area contributed by atoms with Gasteiger partial charge in [0.1, 0.15) is 16.7 Å². The molecule has 2 N–H and O–H groups in total. The highest BCUT2D eigenvalue weighted by molar-refractivity contribution is 5.77. The molecule has 4 aromatic rings. The van der Waals surface area contributed by atoms with Crippen LogP contribution in [0.5, 0.6) is 5.75 Å². The van der Waals surface area contributed by atoms with Crippen LogP contribution in [0.3, 0.4) is 0 Å². The number of aromatic nitrogens is 5. The minimum absolute atomic E-state index is 0.227. The Morgan fingerprint density at radius 2 is 2.15 bits per heavy atom. The molecule has 0 bridgehead atoms. The van der Waals surface area contributed by atoms with Crippen LogP contribution in [0.1, 0.15) is 54.5 Å². The average Bonchev–Trinajstić information content (AvgIpc) is 3.42. The summed E-state index contributed by atoms with van der Waals surface area (Å²) >= 11 is 0. The van der Waals surface area contributed by atoms with Gasteiger partial charge in [-0.3, -0.25) is 4.79 Å². The van der Waals surface area contributed by atoms with Gasteiger partial charge in [-0.15, -0.1) is 6.58 Å². The number of ether oxygens (including phenoxy) is 1. The van der Waals surface area contributed by atoms with E-state index in [2.05, 4.69) is 34.9 Å². The van der Waals surface area contributed by atoms with Crippen molar-refractivity contribution in [1.82, 2.24) is 29.2 Å². The number of aryl methyl sites for hydroxylation is 1. The number of pyridine rings is 1. The molecule has 2 aliphatic heterocycles. The van der Waals surface area contributed by atoms with Crippen molar-refractivity contribution >= 4 is 22.7 Å². The van der Waals surface area contributed by atoms with Crippen LogP contribution in [-0.4, -0.2) is 54.5 Å². The van der Waals surface area contributed by atoms with E-state index in [4.69, 9.17) is 14.7 Å². The van der Waals surface area contributed by atoms with Crippen molar-refractivity contribution in [1.29, 1.82) is 0 Å². The fourth-order valence-electron chi connectivity index (χ4n) is 6.58. The number of likely N-dealkylation sites (N-methyl/N-ethyl adjacent to an activating group) is 1. The maximum Gasteiger partial charge on any atom is 0.278 e. The van der Waals surface area contributed by atoms with Crippen molar-refractivity contribution in [2.75, 3.05) is 25.5 Å². The SMILES string of the molecule is C=CCn1c(=O)c2cnc(Nc3cc4c5c(c3)OCCC5CN(C)C4)nc2n1-c1ccc2c(n1)C(O)(CC)CC2. The van der Waals surface area contributed by atoms with Gasteiger partial charge in [0.2, 0.25) is 5.95 Å². The number of hydrogen-bond donors (Lipinski definition) is 2. The summed E-state index contributed by atoms with van der Waals surface area (Å²) in [6.45, 7) is 8.69. The first-order valence-corrected chi connectivity index (χ1v) is 14.0. The molecule has 10 heteroatoms. The highest BCUT2D eigenvalue weighted by atomic mass is 16.5. The van der Waals surface area contributed by atoms with Crippen molar-refractivity contribution < 1.29 is 9.84 Å². The molecule has 40 heavy (non-hydrogen) atoms. The third-order valence-electron chi connectivity index (χ3n) is 8.58. The van der Waals surface area contributed by atoms with E-state index < -0.39 is 5.60 Å². The number of hydrogen-bond acceptors (Lipinski definition) is 8. The van der Waals surface area contributed by atoms with Gasteiger partial charge >= 0.3 is 0 Å². The van der Waals surface area contributed by atoms with Gasteiger partial charge in [-0.2, -0.15) is 4.98 Å². The highest BCUT2D eigenvalue weighted by Gasteiger charge is 2.37. The molecule has 10 nitrogen and oxygen atoms in total. The van der Waals surface area contributed by atoms with Crippen molar-refractivity contribution in [3.8, 4) is 11.6 Å². The van der Waals surface area contributed by atoms with Gasteiger partial charge in [-0.05, 0) is 56.0 Å². The zero-order chi connectivity index (χ0) is 27.6. The van der Waals surface area contributed by atoms with E-state index in [-0.39, 0.29) is 12.1 Å². The lowest BCUT2D eigenvalue weighted by Crippen LogP contribution is -2.33. The molecule has 3 aromatic heterocycles. The van der Waals surface area contributed by atoms with E-state index >= 15 is 0 Å². The molecule has 0 saturated carbocycles. The predicted molar refractivity (Wildman–Crippen MR) is 153 cm³/mol. The van der Waals surface area contributed by atoms with Crippen LogP contribution in [0.2, 0.25) is 0 Å². The molecular weight excluding hydrogens is 506 g/mol. The molecule has 1 aromatic carbocycles. The number of fused-ring (bicyclic) bond motifs is 2. The van der Waals surface area contributed by atoms with Gasteiger partial charge in [0.25, 0.3) is 5.56 Å². The minimum Gasteiger partial charge on any atom is -0.493 e. The lowest BCUT2D eigenvalue weighted by atomic mass is 9.85. The van der Waals surface area contributed by atoms with E-state index in [1.807, 2.05) is 25.1 Å². The topological polar surface area (TPSA) is 110 Å². The van der Waals surface area contributed by atoms with Crippen molar-refractivity contribution in [2.45, 2.75) is 57.2 Å². The normalized spacial score (nSPS) is 21.6.